The average molecular weight is 345 g/mol. The molecule has 25 heavy (non-hydrogen) atoms. The molecule has 0 saturated carbocycles. The second kappa shape index (κ2) is 9.17. The predicted molar refractivity (Wildman–Crippen MR) is 97.9 cm³/mol. The van der Waals surface area contributed by atoms with Crippen LogP contribution in [-0.4, -0.2) is 59.8 Å². The second-order valence-corrected chi connectivity index (χ2v) is 6.26. The van der Waals surface area contributed by atoms with Crippen LogP contribution in [0.2, 0.25) is 0 Å². The number of hydrogen-bond donors (Lipinski definition) is 2. The number of carbonyl (C=O) groups excluding carboxylic acids is 2. The Morgan fingerprint density at radius 2 is 1.84 bits per heavy atom. The number of rotatable bonds is 9. The van der Waals surface area contributed by atoms with E-state index in [2.05, 4.69) is 27.4 Å². The summed E-state index contributed by atoms with van der Waals surface area (Å²) in [7, 11) is 3.99. The molecule has 0 radical (unpaired) electrons. The molecule has 0 bridgehead atoms. The van der Waals surface area contributed by atoms with E-state index in [4.69, 9.17) is 0 Å². The van der Waals surface area contributed by atoms with Gasteiger partial charge in [0.15, 0.2) is 5.69 Å². The van der Waals surface area contributed by atoms with Crippen molar-refractivity contribution in [1.29, 1.82) is 0 Å². The van der Waals surface area contributed by atoms with Gasteiger partial charge < -0.3 is 15.5 Å². The molecule has 0 aromatic carbocycles. The first kappa shape index (κ1) is 18.9. The summed E-state index contributed by atoms with van der Waals surface area (Å²) in [5, 5.41) is 5.73. The molecule has 0 aliphatic rings. The van der Waals surface area contributed by atoms with Crippen LogP contribution < -0.4 is 10.6 Å². The monoisotopic (exact) mass is 345 g/mol. The zero-order valence-electron chi connectivity index (χ0n) is 15.2. The summed E-state index contributed by atoms with van der Waals surface area (Å²) in [5.41, 5.74) is 0.921. The first-order valence-corrected chi connectivity index (χ1v) is 8.72. The number of fused-ring (bicyclic) bond motifs is 1. The Hall–Kier alpha value is -2.41. The van der Waals surface area contributed by atoms with Gasteiger partial charge in [-0.25, -0.2) is 4.98 Å². The molecule has 2 rings (SSSR count). The minimum Gasteiger partial charge on any atom is -0.351 e. The molecule has 7 heteroatoms. The molecule has 2 aromatic heterocycles. The van der Waals surface area contributed by atoms with Crippen LogP contribution in [0.15, 0.2) is 24.4 Å². The van der Waals surface area contributed by atoms with Crippen molar-refractivity contribution in [2.24, 2.45) is 0 Å². The summed E-state index contributed by atoms with van der Waals surface area (Å²) in [5.74, 6) is -0.280. The number of unbranched alkanes of at least 4 members (excludes halogenated alkanes) is 1. The summed E-state index contributed by atoms with van der Waals surface area (Å²) in [4.78, 5) is 31.2. The number of nitrogens with one attached hydrogen (secondary N) is 2. The summed E-state index contributed by atoms with van der Waals surface area (Å²) in [6, 6.07) is 5.44. The Bertz CT molecular complexity index is 723. The standard InChI is InChI=1S/C18H27N5O2/c1-4-5-10-19-17(24)15-14-9-6-7-13-23(14)16(21-15)18(25)20-11-8-12-22(2)3/h6-7,9,13H,4-5,8,10-12H2,1-3H3,(H,19,24)(H,20,25). The molecular formula is C18H27N5O2. The van der Waals surface area contributed by atoms with E-state index in [1.54, 1.807) is 16.7 Å². The fraction of sp³-hybridized carbons (Fsp3) is 0.500. The van der Waals surface area contributed by atoms with Gasteiger partial charge in [-0.1, -0.05) is 19.4 Å². The maximum atomic E-state index is 12.5. The zero-order valence-corrected chi connectivity index (χ0v) is 15.2. The first-order chi connectivity index (χ1) is 12.0. The van der Waals surface area contributed by atoms with Crippen molar-refractivity contribution < 1.29 is 9.59 Å². The van der Waals surface area contributed by atoms with Gasteiger partial charge in [-0.05, 0) is 45.6 Å². The Morgan fingerprint density at radius 1 is 1.12 bits per heavy atom. The Labute approximate surface area is 148 Å². The highest BCUT2D eigenvalue weighted by Crippen LogP contribution is 2.13. The third-order valence-corrected chi connectivity index (χ3v) is 3.85. The highest BCUT2D eigenvalue weighted by molar-refractivity contribution is 6.02. The zero-order chi connectivity index (χ0) is 18.2. The van der Waals surface area contributed by atoms with E-state index >= 15 is 0 Å². The van der Waals surface area contributed by atoms with Gasteiger partial charge in [0.25, 0.3) is 11.8 Å². The van der Waals surface area contributed by atoms with Crippen molar-refractivity contribution in [2.45, 2.75) is 26.2 Å². The maximum Gasteiger partial charge on any atom is 0.287 e. The van der Waals surface area contributed by atoms with Crippen molar-refractivity contribution >= 4 is 17.3 Å². The van der Waals surface area contributed by atoms with Crippen LogP contribution in [0.25, 0.3) is 5.52 Å². The van der Waals surface area contributed by atoms with Gasteiger partial charge in [0, 0.05) is 19.3 Å². The smallest absolute Gasteiger partial charge is 0.287 e. The molecule has 136 valence electrons. The topological polar surface area (TPSA) is 78.7 Å². The first-order valence-electron chi connectivity index (χ1n) is 8.72. The number of imidazole rings is 1. The van der Waals surface area contributed by atoms with Crippen molar-refractivity contribution in [3.8, 4) is 0 Å². The molecular weight excluding hydrogens is 318 g/mol. The highest BCUT2D eigenvalue weighted by Gasteiger charge is 2.20. The van der Waals surface area contributed by atoms with E-state index in [0.717, 1.165) is 25.8 Å². The third kappa shape index (κ3) is 5.03. The summed E-state index contributed by atoms with van der Waals surface area (Å²) >= 11 is 0. The molecule has 2 heterocycles. The predicted octanol–water partition coefficient (Wildman–Crippen LogP) is 1.55. The minimum atomic E-state index is -0.271. The largest absolute Gasteiger partial charge is 0.351 e. The summed E-state index contributed by atoms with van der Waals surface area (Å²) < 4.78 is 1.66. The van der Waals surface area contributed by atoms with Gasteiger partial charge in [0.2, 0.25) is 5.82 Å². The molecule has 0 fully saturated rings. The van der Waals surface area contributed by atoms with Crippen LogP contribution in [-0.2, 0) is 0 Å². The molecule has 7 nitrogen and oxygen atoms in total. The maximum absolute atomic E-state index is 12.5. The van der Waals surface area contributed by atoms with E-state index < -0.39 is 0 Å². The lowest BCUT2D eigenvalue weighted by molar-refractivity contribution is 0.0941. The number of hydrogen-bond acceptors (Lipinski definition) is 4. The normalized spacial score (nSPS) is 11.0. The summed E-state index contributed by atoms with van der Waals surface area (Å²) in [6.45, 7) is 4.13. The molecule has 0 spiro atoms. The van der Waals surface area contributed by atoms with E-state index in [1.807, 2.05) is 26.2 Å². The van der Waals surface area contributed by atoms with Gasteiger partial charge in [-0.15, -0.1) is 0 Å². The van der Waals surface area contributed by atoms with Crippen LogP contribution in [0.5, 0.6) is 0 Å². The fourth-order valence-electron chi connectivity index (χ4n) is 2.50. The lowest BCUT2D eigenvalue weighted by Gasteiger charge is -2.09. The number of pyridine rings is 1. The average Bonchev–Trinajstić information content (AvgIpc) is 2.98. The molecule has 2 aromatic rings. The quantitative estimate of drug-likeness (QED) is 0.676. The van der Waals surface area contributed by atoms with E-state index in [-0.39, 0.29) is 23.3 Å². The fourth-order valence-corrected chi connectivity index (χ4v) is 2.50. The highest BCUT2D eigenvalue weighted by atomic mass is 16.2. The van der Waals surface area contributed by atoms with Crippen molar-refractivity contribution in [3.63, 3.8) is 0 Å². The molecule has 0 atom stereocenters. The lowest BCUT2D eigenvalue weighted by atomic mass is 10.3. The van der Waals surface area contributed by atoms with Crippen molar-refractivity contribution in [3.05, 3.63) is 35.9 Å². The summed E-state index contributed by atoms with van der Waals surface area (Å²) in [6.07, 6.45) is 4.52. The molecule has 2 N–H and O–H groups in total. The van der Waals surface area contributed by atoms with Gasteiger partial charge in [-0.2, -0.15) is 0 Å². The molecule has 0 saturated heterocycles. The van der Waals surface area contributed by atoms with Gasteiger partial charge in [0.05, 0.1) is 5.52 Å². The molecule has 0 unspecified atom stereocenters. The Kier molecular flexibility index (Phi) is 6.94. The number of amides is 2. The van der Waals surface area contributed by atoms with Crippen LogP contribution >= 0.6 is 0 Å². The van der Waals surface area contributed by atoms with Crippen molar-refractivity contribution in [1.82, 2.24) is 24.9 Å². The van der Waals surface area contributed by atoms with Crippen LogP contribution in [0.4, 0.5) is 0 Å². The lowest BCUT2D eigenvalue weighted by Crippen LogP contribution is -2.29. The third-order valence-electron chi connectivity index (χ3n) is 3.85. The molecule has 2 amide bonds. The SMILES string of the molecule is CCCCNC(=O)c1nc(C(=O)NCCCN(C)C)n2ccccc12. The minimum absolute atomic E-state index is 0.237. The van der Waals surface area contributed by atoms with Gasteiger partial charge in [0.1, 0.15) is 0 Å². The Balaban J connectivity index is 2.14. The molecule has 0 aliphatic carbocycles. The van der Waals surface area contributed by atoms with E-state index in [1.165, 1.54) is 0 Å². The second-order valence-electron chi connectivity index (χ2n) is 6.26. The van der Waals surface area contributed by atoms with E-state index in [0.29, 0.717) is 18.6 Å². The Morgan fingerprint density at radius 3 is 2.56 bits per heavy atom. The van der Waals surface area contributed by atoms with Gasteiger partial charge >= 0.3 is 0 Å². The van der Waals surface area contributed by atoms with Crippen molar-refractivity contribution in [2.75, 3.05) is 33.7 Å². The molecule has 0 aliphatic heterocycles. The van der Waals surface area contributed by atoms with Gasteiger partial charge in [-0.3, -0.25) is 14.0 Å². The number of carbonyl (C=O) groups is 2. The van der Waals surface area contributed by atoms with Crippen LogP contribution in [0.1, 0.15) is 47.3 Å². The van der Waals surface area contributed by atoms with Crippen LogP contribution in [0.3, 0.4) is 0 Å². The van der Waals surface area contributed by atoms with E-state index in [9.17, 15) is 9.59 Å². The number of nitrogens with zero attached hydrogens (tertiary/aromatic N) is 3. The number of aromatic nitrogens is 2. The van der Waals surface area contributed by atoms with Crippen LogP contribution in [0, 0.1) is 0 Å².